The molecule has 1 amide bonds. The van der Waals surface area contributed by atoms with E-state index in [4.69, 9.17) is 10.5 Å². The fraction of sp³-hybridized carbons (Fsp3) is 0.143. The number of pyridine rings is 1. The van der Waals surface area contributed by atoms with Crippen molar-refractivity contribution < 1.29 is 22.7 Å². The third-order valence-corrected chi connectivity index (χ3v) is 4.07. The van der Waals surface area contributed by atoms with Gasteiger partial charge in [-0.1, -0.05) is 18.2 Å². The highest BCUT2D eigenvalue weighted by molar-refractivity contribution is 5.92. The van der Waals surface area contributed by atoms with Crippen molar-refractivity contribution in [3.63, 3.8) is 0 Å². The van der Waals surface area contributed by atoms with Crippen LogP contribution in [0.5, 0.6) is 5.75 Å². The van der Waals surface area contributed by atoms with E-state index >= 15 is 0 Å². The highest BCUT2D eigenvalue weighted by atomic mass is 19.4. The number of carbonyl (C=O) groups excluding carboxylic acids is 1. The summed E-state index contributed by atoms with van der Waals surface area (Å²) in [6.07, 6.45) is -2.25. The summed E-state index contributed by atoms with van der Waals surface area (Å²) in [6, 6.07) is 15.2. The van der Waals surface area contributed by atoms with E-state index in [-0.39, 0.29) is 12.4 Å². The van der Waals surface area contributed by atoms with Gasteiger partial charge >= 0.3 is 6.18 Å². The summed E-state index contributed by atoms with van der Waals surface area (Å²) >= 11 is 0. The number of carbonyl (C=O) groups is 1. The summed E-state index contributed by atoms with van der Waals surface area (Å²) in [6.45, 7) is 0.122. The summed E-state index contributed by atoms with van der Waals surface area (Å²) < 4.78 is 43.8. The van der Waals surface area contributed by atoms with Crippen LogP contribution in [0.25, 0.3) is 0 Å². The molecule has 0 aliphatic heterocycles. The standard InChI is InChI=1S/C21H17F3N2O2/c22-21(23,24)17-2-1-3-19(12-17)28-13-15-8-9-26-18(11-15)10-14-4-6-16(7-5-14)20(25)27/h1-9,11-12H,10,13H2,(H2,25,27). The zero-order chi connectivity index (χ0) is 20.1. The quantitative estimate of drug-likeness (QED) is 0.684. The maximum Gasteiger partial charge on any atom is 0.416 e. The normalized spacial score (nSPS) is 11.2. The highest BCUT2D eigenvalue weighted by Gasteiger charge is 2.30. The number of hydrogen-bond acceptors (Lipinski definition) is 3. The summed E-state index contributed by atoms with van der Waals surface area (Å²) in [5.74, 6) is -0.339. The summed E-state index contributed by atoms with van der Waals surface area (Å²) in [7, 11) is 0. The van der Waals surface area contributed by atoms with E-state index in [1.807, 2.05) is 6.07 Å². The van der Waals surface area contributed by atoms with Crippen LogP contribution in [-0.2, 0) is 19.2 Å². The lowest BCUT2D eigenvalue weighted by molar-refractivity contribution is -0.137. The Hall–Kier alpha value is -3.35. The van der Waals surface area contributed by atoms with E-state index < -0.39 is 17.6 Å². The number of alkyl halides is 3. The number of ether oxygens (including phenoxy) is 1. The molecule has 0 aliphatic rings. The molecule has 28 heavy (non-hydrogen) atoms. The molecule has 3 rings (SSSR count). The van der Waals surface area contributed by atoms with Crippen molar-refractivity contribution in [1.82, 2.24) is 4.98 Å². The van der Waals surface area contributed by atoms with E-state index in [1.165, 1.54) is 12.1 Å². The number of rotatable bonds is 6. The predicted octanol–water partition coefficient (Wildman–Crippen LogP) is 4.37. The number of nitrogens with two attached hydrogens (primary N) is 1. The number of amides is 1. The van der Waals surface area contributed by atoms with Crippen molar-refractivity contribution in [1.29, 1.82) is 0 Å². The Bertz CT molecular complexity index is 970. The second-order valence-electron chi connectivity index (χ2n) is 6.21. The van der Waals surface area contributed by atoms with Crippen LogP contribution in [0.15, 0.2) is 66.9 Å². The molecule has 0 unspecified atom stereocenters. The minimum atomic E-state index is -4.41. The van der Waals surface area contributed by atoms with Crippen LogP contribution >= 0.6 is 0 Å². The highest BCUT2D eigenvalue weighted by Crippen LogP contribution is 2.31. The van der Waals surface area contributed by atoms with Crippen LogP contribution in [-0.4, -0.2) is 10.9 Å². The van der Waals surface area contributed by atoms with Gasteiger partial charge in [-0.05, 0) is 53.6 Å². The second kappa shape index (κ2) is 8.12. The molecular formula is C21H17F3N2O2. The molecule has 1 aromatic heterocycles. The van der Waals surface area contributed by atoms with Gasteiger partial charge in [-0.2, -0.15) is 13.2 Å². The smallest absolute Gasteiger partial charge is 0.416 e. The van der Waals surface area contributed by atoms with Crippen molar-refractivity contribution >= 4 is 5.91 Å². The van der Waals surface area contributed by atoms with Gasteiger partial charge in [0.25, 0.3) is 0 Å². The van der Waals surface area contributed by atoms with Gasteiger partial charge in [0.2, 0.25) is 5.91 Å². The minimum absolute atomic E-state index is 0.122. The number of halogens is 3. The van der Waals surface area contributed by atoms with E-state index in [2.05, 4.69) is 4.98 Å². The first-order chi connectivity index (χ1) is 13.3. The fourth-order valence-electron chi connectivity index (χ4n) is 2.64. The van der Waals surface area contributed by atoms with Crippen LogP contribution in [0, 0.1) is 0 Å². The Labute approximate surface area is 159 Å². The third-order valence-electron chi connectivity index (χ3n) is 4.07. The molecular weight excluding hydrogens is 369 g/mol. The van der Waals surface area contributed by atoms with Crippen LogP contribution in [0.1, 0.15) is 32.7 Å². The summed E-state index contributed by atoms with van der Waals surface area (Å²) in [5, 5.41) is 0. The first-order valence-electron chi connectivity index (χ1n) is 8.44. The van der Waals surface area contributed by atoms with Gasteiger partial charge in [0.1, 0.15) is 12.4 Å². The van der Waals surface area contributed by atoms with Crippen LogP contribution < -0.4 is 10.5 Å². The van der Waals surface area contributed by atoms with Crippen molar-refractivity contribution in [2.75, 3.05) is 0 Å². The van der Waals surface area contributed by atoms with E-state index in [9.17, 15) is 18.0 Å². The van der Waals surface area contributed by atoms with Crippen molar-refractivity contribution in [2.45, 2.75) is 19.2 Å². The molecule has 2 N–H and O–H groups in total. The van der Waals surface area contributed by atoms with Crippen molar-refractivity contribution in [3.05, 3.63) is 94.8 Å². The lowest BCUT2D eigenvalue weighted by Crippen LogP contribution is -2.10. The third kappa shape index (κ3) is 5.09. The summed E-state index contributed by atoms with van der Waals surface area (Å²) in [4.78, 5) is 15.4. The van der Waals surface area contributed by atoms with Gasteiger partial charge in [0.05, 0.1) is 5.56 Å². The SMILES string of the molecule is NC(=O)c1ccc(Cc2cc(COc3cccc(C(F)(F)F)c3)ccn2)cc1. The second-order valence-corrected chi connectivity index (χ2v) is 6.21. The maximum atomic E-state index is 12.8. The molecule has 0 aliphatic carbocycles. The van der Waals surface area contributed by atoms with Crippen LogP contribution in [0.3, 0.4) is 0 Å². The number of hydrogen-bond donors (Lipinski definition) is 1. The molecule has 4 nitrogen and oxygen atoms in total. The molecule has 0 bridgehead atoms. The first kappa shape index (κ1) is 19.4. The molecule has 0 radical (unpaired) electrons. The monoisotopic (exact) mass is 386 g/mol. The Morgan fingerprint density at radius 2 is 1.75 bits per heavy atom. The Morgan fingerprint density at radius 1 is 1.00 bits per heavy atom. The van der Waals surface area contributed by atoms with E-state index in [0.29, 0.717) is 12.0 Å². The zero-order valence-corrected chi connectivity index (χ0v) is 14.7. The molecule has 0 saturated carbocycles. The number of nitrogens with zero attached hydrogens (tertiary/aromatic N) is 1. The topological polar surface area (TPSA) is 65.2 Å². The van der Waals surface area contributed by atoms with Gasteiger partial charge in [-0.15, -0.1) is 0 Å². The van der Waals surface area contributed by atoms with Crippen molar-refractivity contribution in [3.8, 4) is 5.75 Å². The largest absolute Gasteiger partial charge is 0.489 e. The van der Waals surface area contributed by atoms with Crippen molar-refractivity contribution in [2.24, 2.45) is 5.73 Å². The number of aromatic nitrogens is 1. The molecule has 0 saturated heterocycles. The molecule has 0 atom stereocenters. The number of primary amides is 1. The minimum Gasteiger partial charge on any atom is -0.489 e. The van der Waals surface area contributed by atoms with Gasteiger partial charge in [-0.25, -0.2) is 0 Å². The Kier molecular flexibility index (Phi) is 5.63. The number of benzene rings is 2. The van der Waals surface area contributed by atoms with Crippen LogP contribution in [0.4, 0.5) is 13.2 Å². The molecule has 144 valence electrons. The van der Waals surface area contributed by atoms with Gasteiger partial charge in [-0.3, -0.25) is 9.78 Å². The van der Waals surface area contributed by atoms with Gasteiger partial charge in [0.15, 0.2) is 0 Å². The molecule has 0 fully saturated rings. The molecule has 2 aromatic carbocycles. The Morgan fingerprint density at radius 3 is 2.43 bits per heavy atom. The van der Waals surface area contributed by atoms with Gasteiger partial charge < -0.3 is 10.5 Å². The lowest BCUT2D eigenvalue weighted by atomic mass is 10.1. The molecule has 3 aromatic rings. The molecule has 1 heterocycles. The van der Waals surface area contributed by atoms with E-state index in [1.54, 1.807) is 36.5 Å². The Balaban J connectivity index is 1.66. The fourth-order valence-corrected chi connectivity index (χ4v) is 2.64. The average molecular weight is 386 g/mol. The van der Waals surface area contributed by atoms with Gasteiger partial charge in [0, 0.05) is 23.9 Å². The molecule has 7 heteroatoms. The predicted molar refractivity (Wildman–Crippen MR) is 97.8 cm³/mol. The lowest BCUT2D eigenvalue weighted by Gasteiger charge is -2.11. The van der Waals surface area contributed by atoms with E-state index in [0.717, 1.165) is 29.0 Å². The van der Waals surface area contributed by atoms with Crippen LogP contribution in [0.2, 0.25) is 0 Å². The average Bonchev–Trinajstić information content (AvgIpc) is 2.67. The first-order valence-corrected chi connectivity index (χ1v) is 8.44. The maximum absolute atomic E-state index is 12.8. The molecule has 0 spiro atoms. The summed E-state index contributed by atoms with van der Waals surface area (Å²) in [5.41, 5.74) is 7.42. The zero-order valence-electron chi connectivity index (χ0n) is 14.7.